The van der Waals surface area contributed by atoms with E-state index in [9.17, 15) is 9.59 Å². The van der Waals surface area contributed by atoms with Gasteiger partial charge in [0.1, 0.15) is 6.54 Å². The highest BCUT2D eigenvalue weighted by atomic mass is 16.2. The number of likely N-dealkylation sites (N-methyl/N-ethyl adjacent to an activating group) is 2. The molecule has 0 saturated carbocycles. The number of urea groups is 1. The molecule has 0 aromatic heterocycles. The molecular weight excluding hydrogens is 210 g/mol. The maximum absolute atomic E-state index is 11.9. The third-order valence-corrected chi connectivity index (χ3v) is 2.45. The Kier molecular flexibility index (Phi) is 4.51. The van der Waals surface area contributed by atoms with Crippen LogP contribution in [0.15, 0.2) is 0 Å². The highest BCUT2D eigenvalue weighted by molar-refractivity contribution is 5.83. The molecule has 1 aliphatic heterocycles. The quantitative estimate of drug-likeness (QED) is 0.638. The lowest BCUT2D eigenvalue weighted by molar-refractivity contribution is -0.126. The van der Waals surface area contributed by atoms with Gasteiger partial charge >= 0.3 is 6.03 Å². The molecule has 0 aromatic carbocycles. The van der Waals surface area contributed by atoms with Crippen molar-refractivity contribution in [2.24, 2.45) is 0 Å². The summed E-state index contributed by atoms with van der Waals surface area (Å²) in [6.45, 7) is 3.78. The number of hydrazine groups is 2. The van der Waals surface area contributed by atoms with E-state index in [4.69, 9.17) is 0 Å². The summed E-state index contributed by atoms with van der Waals surface area (Å²) in [4.78, 5) is 23.3. The van der Waals surface area contributed by atoms with Crippen LogP contribution in [0, 0.1) is 0 Å². The molecule has 7 heteroatoms. The number of nitrogens with one attached hydrogen (secondary N) is 2. The van der Waals surface area contributed by atoms with Gasteiger partial charge in [-0.2, -0.15) is 0 Å². The minimum atomic E-state index is -0.206. The van der Waals surface area contributed by atoms with Crippen molar-refractivity contribution in [3.63, 3.8) is 0 Å². The third-order valence-electron chi connectivity index (χ3n) is 2.45. The summed E-state index contributed by atoms with van der Waals surface area (Å²) >= 11 is 0. The minimum absolute atomic E-state index is 0.0569. The van der Waals surface area contributed by atoms with Crippen LogP contribution in [0.5, 0.6) is 0 Å². The zero-order valence-corrected chi connectivity index (χ0v) is 9.99. The average molecular weight is 229 g/mol. The Hall–Kier alpha value is -1.34. The Bertz CT molecular complexity index is 271. The summed E-state index contributed by atoms with van der Waals surface area (Å²) in [6, 6.07) is -0.206. The molecule has 7 nitrogen and oxygen atoms in total. The van der Waals surface area contributed by atoms with Crippen LogP contribution in [0.25, 0.3) is 0 Å². The van der Waals surface area contributed by atoms with Gasteiger partial charge in [0.15, 0.2) is 0 Å². The Morgan fingerprint density at radius 1 is 1.44 bits per heavy atom. The monoisotopic (exact) mass is 229 g/mol. The molecule has 16 heavy (non-hydrogen) atoms. The standard InChI is InChI=1S/C9H19N5O2/c1-4-11-8(15)7-14-9(16)13(10-2)6-5-12(14)3/h10H,4-7H2,1-3H3,(H,11,15). The summed E-state index contributed by atoms with van der Waals surface area (Å²) in [5.74, 6) is -0.152. The molecule has 1 saturated heterocycles. The first-order valence-corrected chi connectivity index (χ1v) is 5.34. The number of carbonyl (C=O) groups excluding carboxylic acids is 2. The minimum Gasteiger partial charge on any atom is -0.355 e. The van der Waals surface area contributed by atoms with Gasteiger partial charge in [0, 0.05) is 27.2 Å². The van der Waals surface area contributed by atoms with Crippen LogP contribution >= 0.6 is 0 Å². The van der Waals surface area contributed by atoms with Crippen LogP contribution < -0.4 is 10.7 Å². The highest BCUT2D eigenvalue weighted by Gasteiger charge is 2.30. The molecule has 0 atom stereocenters. The molecular formula is C9H19N5O2. The van der Waals surface area contributed by atoms with Crippen LogP contribution in [0.3, 0.4) is 0 Å². The second kappa shape index (κ2) is 5.66. The molecule has 0 radical (unpaired) electrons. The van der Waals surface area contributed by atoms with Gasteiger partial charge in [-0.15, -0.1) is 0 Å². The van der Waals surface area contributed by atoms with Crippen LogP contribution in [0.1, 0.15) is 6.92 Å². The Labute approximate surface area is 95.3 Å². The topological polar surface area (TPSA) is 67.9 Å². The van der Waals surface area contributed by atoms with E-state index in [0.29, 0.717) is 19.6 Å². The lowest BCUT2D eigenvalue weighted by Gasteiger charge is -2.40. The van der Waals surface area contributed by atoms with Crippen molar-refractivity contribution in [2.75, 3.05) is 40.3 Å². The molecule has 1 aliphatic rings. The number of amides is 3. The van der Waals surface area contributed by atoms with Crippen molar-refractivity contribution < 1.29 is 9.59 Å². The van der Waals surface area contributed by atoms with Gasteiger partial charge in [-0.05, 0) is 6.92 Å². The van der Waals surface area contributed by atoms with Crippen molar-refractivity contribution in [2.45, 2.75) is 6.92 Å². The largest absolute Gasteiger partial charge is 0.355 e. The summed E-state index contributed by atoms with van der Waals surface area (Å²) in [5, 5.41) is 7.33. The molecule has 1 rings (SSSR count). The number of hydrogen-bond donors (Lipinski definition) is 2. The molecule has 1 heterocycles. The van der Waals surface area contributed by atoms with Crippen LogP contribution in [-0.4, -0.2) is 67.2 Å². The van der Waals surface area contributed by atoms with Gasteiger partial charge in [-0.1, -0.05) is 0 Å². The van der Waals surface area contributed by atoms with E-state index in [0.717, 1.165) is 0 Å². The number of hydrogen-bond acceptors (Lipinski definition) is 4. The van der Waals surface area contributed by atoms with Crippen molar-refractivity contribution >= 4 is 11.9 Å². The summed E-state index contributed by atoms with van der Waals surface area (Å²) in [7, 11) is 3.48. The lowest BCUT2D eigenvalue weighted by atomic mass is 10.4. The maximum atomic E-state index is 11.9. The van der Waals surface area contributed by atoms with Gasteiger partial charge in [-0.3, -0.25) is 9.80 Å². The Morgan fingerprint density at radius 2 is 2.12 bits per heavy atom. The molecule has 0 bridgehead atoms. The molecule has 0 unspecified atom stereocenters. The van der Waals surface area contributed by atoms with E-state index in [2.05, 4.69) is 10.7 Å². The Morgan fingerprint density at radius 3 is 2.69 bits per heavy atom. The maximum Gasteiger partial charge on any atom is 0.349 e. The van der Waals surface area contributed by atoms with E-state index in [1.807, 2.05) is 6.92 Å². The zero-order chi connectivity index (χ0) is 12.1. The number of rotatable bonds is 4. The smallest absolute Gasteiger partial charge is 0.349 e. The van der Waals surface area contributed by atoms with E-state index < -0.39 is 0 Å². The molecule has 0 aliphatic carbocycles. The van der Waals surface area contributed by atoms with Crippen LogP contribution in [0.2, 0.25) is 0 Å². The first-order valence-electron chi connectivity index (χ1n) is 5.34. The molecule has 3 amide bonds. The van der Waals surface area contributed by atoms with Gasteiger partial charge in [0.05, 0.1) is 6.54 Å². The van der Waals surface area contributed by atoms with Crippen molar-refractivity contribution in [1.82, 2.24) is 25.8 Å². The molecule has 2 N–H and O–H groups in total. The fraction of sp³-hybridized carbons (Fsp3) is 0.778. The Balaban J connectivity index is 2.60. The van der Waals surface area contributed by atoms with Gasteiger partial charge in [0.2, 0.25) is 5.91 Å². The highest BCUT2D eigenvalue weighted by Crippen LogP contribution is 2.06. The van der Waals surface area contributed by atoms with E-state index in [1.165, 1.54) is 10.0 Å². The first kappa shape index (κ1) is 12.7. The van der Waals surface area contributed by atoms with Crippen LogP contribution in [-0.2, 0) is 4.79 Å². The second-order valence-electron chi connectivity index (χ2n) is 3.55. The molecule has 1 fully saturated rings. The predicted molar refractivity (Wildman–Crippen MR) is 59.2 cm³/mol. The lowest BCUT2D eigenvalue weighted by Crippen LogP contribution is -2.62. The summed E-state index contributed by atoms with van der Waals surface area (Å²) in [5.41, 5.74) is 2.79. The fourth-order valence-corrected chi connectivity index (χ4v) is 1.53. The van der Waals surface area contributed by atoms with Crippen molar-refractivity contribution in [1.29, 1.82) is 0 Å². The van der Waals surface area contributed by atoms with E-state index >= 15 is 0 Å². The third kappa shape index (κ3) is 2.83. The zero-order valence-electron chi connectivity index (χ0n) is 9.99. The molecule has 0 spiro atoms. The van der Waals surface area contributed by atoms with Gasteiger partial charge in [-0.25, -0.2) is 20.2 Å². The van der Waals surface area contributed by atoms with Crippen LogP contribution in [0.4, 0.5) is 4.79 Å². The summed E-state index contributed by atoms with van der Waals surface area (Å²) < 4.78 is 0. The second-order valence-corrected chi connectivity index (χ2v) is 3.55. The van der Waals surface area contributed by atoms with E-state index in [1.54, 1.807) is 19.1 Å². The van der Waals surface area contributed by atoms with Crippen molar-refractivity contribution in [3.8, 4) is 0 Å². The van der Waals surface area contributed by atoms with Gasteiger partial charge < -0.3 is 5.32 Å². The van der Waals surface area contributed by atoms with Crippen molar-refractivity contribution in [3.05, 3.63) is 0 Å². The normalized spacial score (nSPS) is 17.8. The average Bonchev–Trinajstić information content (AvgIpc) is 2.25. The SMILES string of the molecule is CCNC(=O)CN1C(=O)N(NC)CCN1C. The number of carbonyl (C=O) groups is 2. The molecule has 0 aromatic rings. The molecule has 92 valence electrons. The fourth-order valence-electron chi connectivity index (χ4n) is 1.53. The van der Waals surface area contributed by atoms with Gasteiger partial charge in [0.25, 0.3) is 0 Å². The van der Waals surface area contributed by atoms with E-state index in [-0.39, 0.29) is 18.5 Å². The predicted octanol–water partition coefficient (Wildman–Crippen LogP) is -1.16. The summed E-state index contributed by atoms with van der Waals surface area (Å²) in [6.07, 6.45) is 0. The number of nitrogens with zero attached hydrogens (tertiary/aromatic N) is 3. The first-order chi connectivity index (χ1) is 7.60.